The van der Waals surface area contributed by atoms with Crippen molar-refractivity contribution in [2.24, 2.45) is 5.92 Å². The number of nitrogens with zero attached hydrogens (tertiary/aromatic N) is 1. The summed E-state index contributed by atoms with van der Waals surface area (Å²) in [4.78, 5) is 4.33. The molecule has 0 bridgehead atoms. The Morgan fingerprint density at radius 2 is 2.47 bits per heavy atom. The van der Waals surface area contributed by atoms with Crippen LogP contribution in [0.3, 0.4) is 0 Å². The van der Waals surface area contributed by atoms with Gasteiger partial charge in [-0.25, -0.2) is 4.98 Å². The standard InChI is InChI=1S/C12H19N3/c1-10-4-5-12(14-7-10)15-9-11-3-2-6-13-8-11/h4-5,7,11,13H,2-3,6,8-9H2,1H3,(H,14,15). The molecule has 1 aromatic heterocycles. The van der Waals surface area contributed by atoms with Crippen LogP contribution in [0, 0.1) is 12.8 Å². The molecule has 2 N–H and O–H groups in total. The molecule has 1 atom stereocenters. The third kappa shape index (κ3) is 3.20. The first-order valence-electron chi connectivity index (χ1n) is 5.72. The zero-order valence-corrected chi connectivity index (χ0v) is 9.29. The van der Waals surface area contributed by atoms with Gasteiger partial charge in [-0.2, -0.15) is 0 Å². The fourth-order valence-electron chi connectivity index (χ4n) is 1.92. The molecule has 1 aliphatic rings. The van der Waals surface area contributed by atoms with E-state index >= 15 is 0 Å². The number of hydrogen-bond acceptors (Lipinski definition) is 3. The Labute approximate surface area is 91.3 Å². The molecule has 2 heterocycles. The Bertz CT molecular complexity index is 288. The Kier molecular flexibility index (Phi) is 3.56. The Balaban J connectivity index is 1.79. The molecule has 0 aromatic carbocycles. The summed E-state index contributed by atoms with van der Waals surface area (Å²) in [6.45, 7) is 5.41. The molecule has 1 aromatic rings. The lowest BCUT2D eigenvalue weighted by Crippen LogP contribution is -2.33. The van der Waals surface area contributed by atoms with E-state index in [-0.39, 0.29) is 0 Å². The largest absolute Gasteiger partial charge is 0.370 e. The normalized spacial score (nSPS) is 21.3. The highest BCUT2D eigenvalue weighted by Gasteiger charge is 2.12. The number of hydrogen-bond donors (Lipinski definition) is 2. The van der Waals surface area contributed by atoms with Crippen molar-refractivity contribution in [2.75, 3.05) is 25.0 Å². The van der Waals surface area contributed by atoms with Gasteiger partial charge in [0.1, 0.15) is 5.82 Å². The predicted molar refractivity (Wildman–Crippen MR) is 63.1 cm³/mol. The lowest BCUT2D eigenvalue weighted by molar-refractivity contribution is 0.392. The summed E-state index contributed by atoms with van der Waals surface area (Å²) < 4.78 is 0. The molecule has 0 spiro atoms. The third-order valence-corrected chi connectivity index (χ3v) is 2.88. The van der Waals surface area contributed by atoms with Crippen molar-refractivity contribution in [3.63, 3.8) is 0 Å². The molecular formula is C12H19N3. The van der Waals surface area contributed by atoms with Gasteiger partial charge in [-0.05, 0) is 50.4 Å². The van der Waals surface area contributed by atoms with E-state index in [9.17, 15) is 0 Å². The number of aryl methyl sites for hydroxylation is 1. The minimum atomic E-state index is 0.752. The molecule has 82 valence electrons. The quantitative estimate of drug-likeness (QED) is 0.790. The van der Waals surface area contributed by atoms with Crippen LogP contribution in [0.4, 0.5) is 5.82 Å². The van der Waals surface area contributed by atoms with E-state index in [1.165, 1.54) is 24.9 Å². The molecule has 1 saturated heterocycles. The number of anilines is 1. The summed E-state index contributed by atoms with van der Waals surface area (Å²) in [7, 11) is 0. The summed E-state index contributed by atoms with van der Waals surface area (Å²) in [5.41, 5.74) is 1.21. The average molecular weight is 205 g/mol. The van der Waals surface area contributed by atoms with Gasteiger partial charge in [0.2, 0.25) is 0 Å². The van der Waals surface area contributed by atoms with Gasteiger partial charge >= 0.3 is 0 Å². The highest BCUT2D eigenvalue weighted by Crippen LogP contribution is 2.11. The fraction of sp³-hybridized carbons (Fsp3) is 0.583. The van der Waals surface area contributed by atoms with E-state index in [1.54, 1.807) is 0 Å². The summed E-state index contributed by atoms with van der Waals surface area (Å²) in [5, 5.41) is 6.81. The predicted octanol–water partition coefficient (Wildman–Crippen LogP) is 1.80. The second-order valence-electron chi connectivity index (χ2n) is 4.31. The van der Waals surface area contributed by atoms with Crippen molar-refractivity contribution < 1.29 is 0 Å². The van der Waals surface area contributed by atoms with Crippen LogP contribution < -0.4 is 10.6 Å². The molecular weight excluding hydrogens is 186 g/mol. The van der Waals surface area contributed by atoms with Gasteiger partial charge in [-0.15, -0.1) is 0 Å². The molecule has 3 nitrogen and oxygen atoms in total. The van der Waals surface area contributed by atoms with Gasteiger partial charge in [-0.3, -0.25) is 0 Å². The molecule has 0 saturated carbocycles. The molecule has 0 aliphatic carbocycles. The highest BCUT2D eigenvalue weighted by atomic mass is 15.0. The maximum absolute atomic E-state index is 4.33. The van der Waals surface area contributed by atoms with Crippen LogP contribution in [0.5, 0.6) is 0 Å². The Hall–Kier alpha value is -1.09. The van der Waals surface area contributed by atoms with Gasteiger partial charge in [-0.1, -0.05) is 6.07 Å². The van der Waals surface area contributed by atoms with Crippen molar-refractivity contribution in [3.05, 3.63) is 23.9 Å². The zero-order chi connectivity index (χ0) is 10.5. The second-order valence-corrected chi connectivity index (χ2v) is 4.31. The second kappa shape index (κ2) is 5.12. The van der Waals surface area contributed by atoms with Crippen LogP contribution in [0.15, 0.2) is 18.3 Å². The van der Waals surface area contributed by atoms with Gasteiger partial charge in [0.05, 0.1) is 0 Å². The molecule has 0 amide bonds. The van der Waals surface area contributed by atoms with E-state index in [0.29, 0.717) is 0 Å². The van der Waals surface area contributed by atoms with E-state index in [1.807, 2.05) is 12.3 Å². The molecule has 1 aliphatic heterocycles. The van der Waals surface area contributed by atoms with Crippen LogP contribution in [-0.2, 0) is 0 Å². The topological polar surface area (TPSA) is 37.0 Å². The molecule has 1 unspecified atom stereocenters. The van der Waals surface area contributed by atoms with Crippen molar-refractivity contribution in [3.8, 4) is 0 Å². The van der Waals surface area contributed by atoms with Crippen LogP contribution in [-0.4, -0.2) is 24.6 Å². The van der Waals surface area contributed by atoms with Crippen molar-refractivity contribution >= 4 is 5.82 Å². The van der Waals surface area contributed by atoms with Gasteiger partial charge in [0.25, 0.3) is 0 Å². The van der Waals surface area contributed by atoms with E-state index in [2.05, 4.69) is 28.6 Å². The van der Waals surface area contributed by atoms with Crippen molar-refractivity contribution in [1.82, 2.24) is 10.3 Å². The molecule has 3 heteroatoms. The summed E-state index contributed by atoms with van der Waals surface area (Å²) in [5.74, 6) is 1.74. The number of nitrogens with one attached hydrogen (secondary N) is 2. The fourth-order valence-corrected chi connectivity index (χ4v) is 1.92. The van der Waals surface area contributed by atoms with Gasteiger partial charge in [0, 0.05) is 12.7 Å². The molecule has 0 radical (unpaired) electrons. The first-order valence-corrected chi connectivity index (χ1v) is 5.72. The SMILES string of the molecule is Cc1ccc(NCC2CCCNC2)nc1. The molecule has 1 fully saturated rings. The smallest absolute Gasteiger partial charge is 0.125 e. The Morgan fingerprint density at radius 1 is 1.53 bits per heavy atom. The number of aromatic nitrogens is 1. The monoisotopic (exact) mass is 205 g/mol. The van der Waals surface area contributed by atoms with Crippen LogP contribution >= 0.6 is 0 Å². The lowest BCUT2D eigenvalue weighted by atomic mass is 10.00. The minimum absolute atomic E-state index is 0.752. The number of piperidine rings is 1. The number of pyridine rings is 1. The highest BCUT2D eigenvalue weighted by molar-refractivity contribution is 5.35. The van der Waals surface area contributed by atoms with E-state index in [4.69, 9.17) is 0 Å². The van der Waals surface area contributed by atoms with Crippen LogP contribution in [0.1, 0.15) is 18.4 Å². The maximum atomic E-state index is 4.33. The van der Waals surface area contributed by atoms with Gasteiger partial charge < -0.3 is 10.6 Å². The summed E-state index contributed by atoms with van der Waals surface area (Å²) in [6.07, 6.45) is 4.53. The van der Waals surface area contributed by atoms with E-state index in [0.717, 1.165) is 24.8 Å². The van der Waals surface area contributed by atoms with Crippen LogP contribution in [0.25, 0.3) is 0 Å². The lowest BCUT2D eigenvalue weighted by Gasteiger charge is -2.23. The first kappa shape index (κ1) is 10.4. The summed E-state index contributed by atoms with van der Waals surface area (Å²) >= 11 is 0. The van der Waals surface area contributed by atoms with E-state index < -0.39 is 0 Å². The minimum Gasteiger partial charge on any atom is -0.370 e. The van der Waals surface area contributed by atoms with Gasteiger partial charge in [0.15, 0.2) is 0 Å². The number of rotatable bonds is 3. The average Bonchev–Trinajstić information content (AvgIpc) is 2.30. The zero-order valence-electron chi connectivity index (χ0n) is 9.29. The molecule has 15 heavy (non-hydrogen) atoms. The molecule has 2 rings (SSSR count). The first-order chi connectivity index (χ1) is 7.34. The maximum Gasteiger partial charge on any atom is 0.125 e. The Morgan fingerprint density at radius 3 is 3.13 bits per heavy atom. The van der Waals surface area contributed by atoms with Crippen LogP contribution in [0.2, 0.25) is 0 Å². The third-order valence-electron chi connectivity index (χ3n) is 2.88. The van der Waals surface area contributed by atoms with Crippen molar-refractivity contribution in [1.29, 1.82) is 0 Å². The van der Waals surface area contributed by atoms with Crippen molar-refractivity contribution in [2.45, 2.75) is 19.8 Å². The summed E-state index contributed by atoms with van der Waals surface area (Å²) in [6, 6.07) is 4.14.